The summed E-state index contributed by atoms with van der Waals surface area (Å²) in [5.41, 5.74) is 6.34. The zero-order chi connectivity index (χ0) is 19.1. The average Bonchev–Trinajstić information content (AvgIpc) is 2.94. The van der Waals surface area contributed by atoms with Gasteiger partial charge in [-0.05, 0) is 66.1 Å². The summed E-state index contributed by atoms with van der Waals surface area (Å²) >= 11 is 0. The lowest BCUT2D eigenvalue weighted by Crippen LogP contribution is -2.43. The molecule has 0 N–H and O–H groups in total. The van der Waals surface area contributed by atoms with Gasteiger partial charge in [-0.3, -0.25) is 0 Å². The molecule has 0 amide bonds. The number of carbonyl (C=O) groups excluding carboxylic acids is 1. The standard InChI is InChI=1S/C22H34O3Si/c1-7-8-9-18-17-11-10-15-12-16(25-26(5,6)22(2,3)4)13-19(15)20(17)14-24-21(18)23/h12,16H,7-11,13-14H2,1-6H3. The maximum absolute atomic E-state index is 12.3. The smallest absolute Gasteiger partial charge is 0.334 e. The van der Waals surface area contributed by atoms with Crippen LogP contribution in [0.15, 0.2) is 33.9 Å². The van der Waals surface area contributed by atoms with Crippen molar-refractivity contribution >= 4 is 14.3 Å². The van der Waals surface area contributed by atoms with Crippen molar-refractivity contribution in [1.82, 2.24) is 0 Å². The maximum Gasteiger partial charge on any atom is 0.334 e. The largest absolute Gasteiger partial charge is 0.457 e. The summed E-state index contributed by atoms with van der Waals surface area (Å²) < 4.78 is 12.2. The van der Waals surface area contributed by atoms with Crippen LogP contribution in [0.1, 0.15) is 66.2 Å². The van der Waals surface area contributed by atoms with Gasteiger partial charge in [0.15, 0.2) is 8.32 Å². The molecule has 4 heteroatoms. The van der Waals surface area contributed by atoms with E-state index in [1.54, 1.807) is 0 Å². The molecule has 0 bridgehead atoms. The summed E-state index contributed by atoms with van der Waals surface area (Å²) in [6.45, 7) is 14.1. The van der Waals surface area contributed by atoms with Crippen molar-refractivity contribution in [1.29, 1.82) is 0 Å². The van der Waals surface area contributed by atoms with Crippen molar-refractivity contribution in [3.63, 3.8) is 0 Å². The van der Waals surface area contributed by atoms with E-state index in [0.29, 0.717) is 6.61 Å². The first-order valence-corrected chi connectivity index (χ1v) is 13.1. The molecular formula is C22H34O3Si. The predicted octanol–water partition coefficient (Wildman–Crippen LogP) is 5.84. The molecule has 1 aliphatic heterocycles. The first-order valence-electron chi connectivity index (χ1n) is 10.1. The highest BCUT2D eigenvalue weighted by molar-refractivity contribution is 6.74. The summed E-state index contributed by atoms with van der Waals surface area (Å²) in [4.78, 5) is 12.3. The number of hydrogen-bond acceptors (Lipinski definition) is 3. The lowest BCUT2D eigenvalue weighted by atomic mass is 9.81. The van der Waals surface area contributed by atoms with E-state index in [2.05, 4.69) is 46.9 Å². The number of unbranched alkanes of at least 4 members (excludes halogenated alkanes) is 1. The molecule has 1 atom stereocenters. The van der Waals surface area contributed by atoms with Gasteiger partial charge in [0.2, 0.25) is 0 Å². The zero-order valence-electron chi connectivity index (χ0n) is 17.3. The summed E-state index contributed by atoms with van der Waals surface area (Å²) in [6.07, 6.45) is 8.50. The van der Waals surface area contributed by atoms with Crippen molar-refractivity contribution in [2.45, 2.75) is 90.5 Å². The fourth-order valence-electron chi connectivity index (χ4n) is 3.95. The molecule has 0 fully saturated rings. The van der Waals surface area contributed by atoms with Gasteiger partial charge in [-0.2, -0.15) is 0 Å². The summed E-state index contributed by atoms with van der Waals surface area (Å²) in [6, 6.07) is 0. The van der Waals surface area contributed by atoms with Crippen LogP contribution in [0.4, 0.5) is 0 Å². The third kappa shape index (κ3) is 3.63. The number of rotatable bonds is 5. The number of cyclic esters (lactones) is 1. The number of hydrogen-bond donors (Lipinski definition) is 0. The molecule has 3 rings (SSSR count). The molecule has 3 aliphatic rings. The van der Waals surface area contributed by atoms with Crippen LogP contribution >= 0.6 is 0 Å². The van der Waals surface area contributed by atoms with Crippen molar-refractivity contribution in [3.05, 3.63) is 33.9 Å². The van der Waals surface area contributed by atoms with E-state index in [4.69, 9.17) is 9.16 Å². The molecule has 1 unspecified atom stereocenters. The van der Waals surface area contributed by atoms with Crippen LogP contribution in [0.2, 0.25) is 18.1 Å². The molecule has 0 aromatic heterocycles. The van der Waals surface area contributed by atoms with Crippen LogP contribution in [0, 0.1) is 0 Å². The Hall–Kier alpha value is -1.13. The maximum atomic E-state index is 12.3. The number of allylic oxidation sites excluding steroid dienone is 1. The van der Waals surface area contributed by atoms with E-state index in [0.717, 1.165) is 44.1 Å². The van der Waals surface area contributed by atoms with E-state index in [1.165, 1.54) is 22.3 Å². The highest BCUT2D eigenvalue weighted by Gasteiger charge is 2.41. The molecule has 26 heavy (non-hydrogen) atoms. The van der Waals surface area contributed by atoms with Gasteiger partial charge >= 0.3 is 5.97 Å². The zero-order valence-corrected chi connectivity index (χ0v) is 18.3. The summed E-state index contributed by atoms with van der Waals surface area (Å²) in [7, 11) is -1.78. The van der Waals surface area contributed by atoms with Gasteiger partial charge in [0.25, 0.3) is 0 Å². The fourth-order valence-corrected chi connectivity index (χ4v) is 5.21. The molecular weight excluding hydrogens is 340 g/mol. The minimum Gasteiger partial charge on any atom is -0.457 e. The topological polar surface area (TPSA) is 35.5 Å². The van der Waals surface area contributed by atoms with Gasteiger partial charge in [-0.15, -0.1) is 0 Å². The van der Waals surface area contributed by atoms with Gasteiger partial charge in [0.05, 0.1) is 6.10 Å². The molecule has 0 saturated carbocycles. The first-order chi connectivity index (χ1) is 12.1. The van der Waals surface area contributed by atoms with Crippen molar-refractivity contribution < 1.29 is 14.0 Å². The van der Waals surface area contributed by atoms with E-state index in [9.17, 15) is 4.79 Å². The molecule has 0 radical (unpaired) electrons. The van der Waals surface area contributed by atoms with E-state index in [1.807, 2.05) is 0 Å². The minimum atomic E-state index is -1.78. The normalized spacial score (nSPS) is 23.7. The number of esters is 1. The van der Waals surface area contributed by atoms with E-state index in [-0.39, 0.29) is 17.1 Å². The fraction of sp³-hybridized carbons (Fsp3) is 0.682. The molecule has 144 valence electrons. The molecule has 3 nitrogen and oxygen atoms in total. The summed E-state index contributed by atoms with van der Waals surface area (Å²) in [5, 5.41) is 0.218. The quantitative estimate of drug-likeness (QED) is 0.448. The first kappa shape index (κ1) is 19.6. The van der Waals surface area contributed by atoms with Crippen molar-refractivity contribution in [2.24, 2.45) is 0 Å². The van der Waals surface area contributed by atoms with Gasteiger partial charge in [-0.25, -0.2) is 4.79 Å². The van der Waals surface area contributed by atoms with Gasteiger partial charge in [-0.1, -0.05) is 40.2 Å². The van der Waals surface area contributed by atoms with Crippen LogP contribution in [0.25, 0.3) is 0 Å². The monoisotopic (exact) mass is 374 g/mol. The molecule has 0 aromatic rings. The third-order valence-electron chi connectivity index (χ3n) is 6.54. The highest BCUT2D eigenvalue weighted by atomic mass is 28.4. The Morgan fingerprint density at radius 1 is 1.19 bits per heavy atom. The number of carbonyl (C=O) groups is 1. The molecule has 1 heterocycles. The second-order valence-corrected chi connectivity index (χ2v) is 14.2. The Labute approximate surface area is 159 Å². The van der Waals surface area contributed by atoms with E-state index >= 15 is 0 Å². The third-order valence-corrected chi connectivity index (χ3v) is 11.0. The predicted molar refractivity (Wildman–Crippen MR) is 109 cm³/mol. The molecule has 0 spiro atoms. The van der Waals surface area contributed by atoms with Crippen molar-refractivity contribution in [2.75, 3.05) is 6.61 Å². The summed E-state index contributed by atoms with van der Waals surface area (Å²) in [5.74, 6) is -0.0858. The van der Waals surface area contributed by atoms with Gasteiger partial charge in [0.1, 0.15) is 6.61 Å². The van der Waals surface area contributed by atoms with Gasteiger partial charge < -0.3 is 9.16 Å². The molecule has 0 saturated heterocycles. The Morgan fingerprint density at radius 3 is 2.58 bits per heavy atom. The SMILES string of the molecule is CCCCC1=C2CCC3=CC(O[Si](C)(C)C(C)(C)C)CC3=C2COC1=O. The Bertz CT molecular complexity index is 689. The lowest BCUT2D eigenvalue weighted by molar-refractivity contribution is -0.139. The second kappa shape index (κ2) is 7.12. The number of ether oxygens (including phenoxy) is 1. The Morgan fingerprint density at radius 2 is 1.92 bits per heavy atom. The number of fused-ring (bicyclic) bond motifs is 2. The Balaban J connectivity index is 1.87. The lowest BCUT2D eigenvalue weighted by Gasteiger charge is -2.38. The van der Waals surface area contributed by atoms with E-state index < -0.39 is 8.32 Å². The molecule has 2 aliphatic carbocycles. The van der Waals surface area contributed by atoms with Crippen LogP contribution in [-0.4, -0.2) is 27.0 Å². The second-order valence-electron chi connectivity index (χ2n) is 9.41. The average molecular weight is 375 g/mol. The van der Waals surface area contributed by atoms with Crippen LogP contribution in [-0.2, 0) is 14.0 Å². The Kier molecular flexibility index (Phi) is 5.37. The van der Waals surface area contributed by atoms with Gasteiger partial charge in [0, 0.05) is 12.0 Å². The molecule has 0 aromatic carbocycles. The minimum absolute atomic E-state index is 0.0858. The van der Waals surface area contributed by atoms with Crippen LogP contribution < -0.4 is 0 Å². The van der Waals surface area contributed by atoms with Crippen LogP contribution in [0.3, 0.4) is 0 Å². The van der Waals surface area contributed by atoms with Crippen LogP contribution in [0.5, 0.6) is 0 Å². The highest BCUT2D eigenvalue weighted by Crippen LogP contribution is 2.46. The van der Waals surface area contributed by atoms with Crippen molar-refractivity contribution in [3.8, 4) is 0 Å².